The van der Waals surface area contributed by atoms with E-state index in [2.05, 4.69) is 5.32 Å². The summed E-state index contributed by atoms with van der Waals surface area (Å²) in [5.41, 5.74) is 1.06. The Morgan fingerprint density at radius 2 is 2.11 bits per heavy atom. The van der Waals surface area contributed by atoms with Gasteiger partial charge in [-0.1, -0.05) is 6.07 Å². The molecule has 3 unspecified atom stereocenters. The van der Waals surface area contributed by atoms with Gasteiger partial charge in [0.1, 0.15) is 11.9 Å². The van der Waals surface area contributed by atoms with E-state index in [1.165, 1.54) is 0 Å². The second-order valence-electron chi connectivity index (χ2n) is 4.64. The first-order chi connectivity index (χ1) is 9.28. The Bertz CT molecular complexity index is 397. The Hall–Kier alpha value is -1.26. The molecular weight excluding hydrogens is 242 g/mol. The van der Waals surface area contributed by atoms with Crippen molar-refractivity contribution < 1.29 is 14.2 Å². The van der Waals surface area contributed by atoms with Crippen LogP contribution in [-0.4, -0.2) is 38.6 Å². The minimum atomic E-state index is 0.121. The molecule has 0 aliphatic heterocycles. The molecule has 3 atom stereocenters. The summed E-state index contributed by atoms with van der Waals surface area (Å²) >= 11 is 0. The standard InChI is InChI=1S/C15H23NO3/c1-4-18-12-8-6-7-11(9-12)16-13-10-14(19-5-2)15(13)17-3/h6-9,13-16H,4-5,10H2,1-3H3. The number of nitrogens with one attached hydrogen (secondary N) is 1. The Balaban J connectivity index is 1.92. The summed E-state index contributed by atoms with van der Waals surface area (Å²) in [6.45, 7) is 5.41. The van der Waals surface area contributed by atoms with Crippen LogP contribution in [0.1, 0.15) is 20.3 Å². The van der Waals surface area contributed by atoms with Gasteiger partial charge >= 0.3 is 0 Å². The highest BCUT2D eigenvalue weighted by molar-refractivity contribution is 5.49. The maximum Gasteiger partial charge on any atom is 0.121 e. The van der Waals surface area contributed by atoms with Crippen LogP contribution in [0.15, 0.2) is 24.3 Å². The number of hydrogen-bond acceptors (Lipinski definition) is 4. The van der Waals surface area contributed by atoms with Crippen LogP contribution in [0.2, 0.25) is 0 Å². The molecule has 0 saturated heterocycles. The molecule has 19 heavy (non-hydrogen) atoms. The number of ether oxygens (including phenoxy) is 3. The predicted octanol–water partition coefficient (Wildman–Crippen LogP) is 2.69. The van der Waals surface area contributed by atoms with E-state index in [1.807, 2.05) is 38.1 Å². The summed E-state index contributed by atoms with van der Waals surface area (Å²) in [6, 6.07) is 8.33. The maximum absolute atomic E-state index is 5.62. The van der Waals surface area contributed by atoms with Crippen LogP contribution in [0, 0.1) is 0 Å². The highest BCUT2D eigenvalue weighted by Crippen LogP contribution is 2.30. The third kappa shape index (κ3) is 3.39. The van der Waals surface area contributed by atoms with Gasteiger partial charge < -0.3 is 19.5 Å². The maximum atomic E-state index is 5.62. The quantitative estimate of drug-likeness (QED) is 0.823. The Kier molecular flexibility index (Phi) is 5.05. The number of anilines is 1. The minimum absolute atomic E-state index is 0.121. The smallest absolute Gasteiger partial charge is 0.121 e. The van der Waals surface area contributed by atoms with E-state index in [0.717, 1.165) is 24.5 Å². The van der Waals surface area contributed by atoms with Crippen molar-refractivity contribution in [2.45, 2.75) is 38.5 Å². The molecule has 0 bridgehead atoms. The lowest BCUT2D eigenvalue weighted by molar-refractivity contribution is -0.118. The SMILES string of the molecule is CCOc1cccc(NC2CC(OCC)C2OC)c1. The van der Waals surface area contributed by atoms with Gasteiger partial charge in [0.05, 0.1) is 18.8 Å². The first-order valence-electron chi connectivity index (χ1n) is 6.92. The molecule has 2 rings (SSSR count). The molecule has 1 aliphatic carbocycles. The summed E-state index contributed by atoms with van der Waals surface area (Å²) in [5, 5.41) is 3.48. The van der Waals surface area contributed by atoms with Crippen molar-refractivity contribution in [3.63, 3.8) is 0 Å². The summed E-state index contributed by atoms with van der Waals surface area (Å²) in [5.74, 6) is 0.891. The highest BCUT2D eigenvalue weighted by Gasteiger charge is 2.42. The van der Waals surface area contributed by atoms with Crippen molar-refractivity contribution >= 4 is 5.69 Å². The van der Waals surface area contributed by atoms with E-state index in [-0.39, 0.29) is 12.2 Å². The number of benzene rings is 1. The lowest BCUT2D eigenvalue weighted by Gasteiger charge is -2.43. The Morgan fingerprint density at radius 3 is 2.79 bits per heavy atom. The topological polar surface area (TPSA) is 39.7 Å². The number of hydrogen-bond donors (Lipinski definition) is 1. The fourth-order valence-electron chi connectivity index (χ4n) is 2.47. The van der Waals surface area contributed by atoms with Crippen LogP contribution >= 0.6 is 0 Å². The molecule has 0 aromatic heterocycles. The molecule has 1 saturated carbocycles. The first-order valence-corrected chi connectivity index (χ1v) is 6.92. The van der Waals surface area contributed by atoms with Gasteiger partial charge in [-0.15, -0.1) is 0 Å². The lowest BCUT2D eigenvalue weighted by Crippen LogP contribution is -2.56. The van der Waals surface area contributed by atoms with Gasteiger partial charge in [0.15, 0.2) is 0 Å². The summed E-state index contributed by atoms with van der Waals surface area (Å²) < 4.78 is 16.6. The van der Waals surface area contributed by atoms with Crippen LogP contribution in [-0.2, 0) is 9.47 Å². The number of rotatable bonds is 7. The van der Waals surface area contributed by atoms with Crippen LogP contribution in [0.25, 0.3) is 0 Å². The fourth-order valence-corrected chi connectivity index (χ4v) is 2.47. The van der Waals surface area contributed by atoms with Gasteiger partial charge in [-0.25, -0.2) is 0 Å². The molecular formula is C15H23NO3. The minimum Gasteiger partial charge on any atom is -0.494 e. The second-order valence-corrected chi connectivity index (χ2v) is 4.64. The van der Waals surface area contributed by atoms with Crippen molar-refractivity contribution in [1.29, 1.82) is 0 Å². The van der Waals surface area contributed by atoms with E-state index in [1.54, 1.807) is 7.11 Å². The monoisotopic (exact) mass is 265 g/mol. The van der Waals surface area contributed by atoms with Crippen molar-refractivity contribution in [3.05, 3.63) is 24.3 Å². The molecule has 106 valence electrons. The third-order valence-electron chi connectivity index (χ3n) is 3.40. The van der Waals surface area contributed by atoms with Crippen LogP contribution in [0.3, 0.4) is 0 Å². The van der Waals surface area contributed by atoms with Crippen LogP contribution < -0.4 is 10.1 Å². The van der Waals surface area contributed by atoms with Crippen molar-refractivity contribution in [3.8, 4) is 5.75 Å². The van der Waals surface area contributed by atoms with E-state index in [9.17, 15) is 0 Å². The predicted molar refractivity (Wildman–Crippen MR) is 75.8 cm³/mol. The Labute approximate surface area is 115 Å². The van der Waals surface area contributed by atoms with Gasteiger partial charge in [-0.2, -0.15) is 0 Å². The van der Waals surface area contributed by atoms with Crippen LogP contribution in [0.4, 0.5) is 5.69 Å². The average Bonchev–Trinajstić information content (AvgIpc) is 2.39. The normalized spacial score (nSPS) is 25.7. The summed E-state index contributed by atoms with van der Waals surface area (Å²) in [4.78, 5) is 0. The second kappa shape index (κ2) is 6.78. The largest absolute Gasteiger partial charge is 0.494 e. The Morgan fingerprint density at radius 1 is 1.26 bits per heavy atom. The molecule has 0 radical (unpaired) electrons. The molecule has 1 N–H and O–H groups in total. The highest BCUT2D eigenvalue weighted by atomic mass is 16.5. The molecule has 1 aromatic carbocycles. The average molecular weight is 265 g/mol. The van der Waals surface area contributed by atoms with Gasteiger partial charge in [0.25, 0.3) is 0 Å². The van der Waals surface area contributed by atoms with Crippen molar-refractivity contribution in [1.82, 2.24) is 0 Å². The van der Waals surface area contributed by atoms with Gasteiger partial charge in [-0.05, 0) is 32.4 Å². The van der Waals surface area contributed by atoms with Gasteiger partial charge in [0.2, 0.25) is 0 Å². The number of methoxy groups -OCH3 is 1. The molecule has 1 aliphatic rings. The molecule has 0 spiro atoms. The summed E-state index contributed by atoms with van der Waals surface area (Å²) in [7, 11) is 1.74. The van der Waals surface area contributed by atoms with E-state index in [0.29, 0.717) is 12.6 Å². The van der Waals surface area contributed by atoms with E-state index in [4.69, 9.17) is 14.2 Å². The first kappa shape index (κ1) is 14.2. The molecule has 1 aromatic rings. The van der Waals surface area contributed by atoms with Crippen molar-refractivity contribution in [2.24, 2.45) is 0 Å². The van der Waals surface area contributed by atoms with E-state index >= 15 is 0 Å². The van der Waals surface area contributed by atoms with E-state index < -0.39 is 0 Å². The zero-order chi connectivity index (χ0) is 13.7. The summed E-state index contributed by atoms with van der Waals surface area (Å²) in [6.07, 6.45) is 1.31. The lowest BCUT2D eigenvalue weighted by atomic mass is 9.85. The van der Waals surface area contributed by atoms with Gasteiger partial charge in [0, 0.05) is 25.5 Å². The molecule has 4 nitrogen and oxygen atoms in total. The van der Waals surface area contributed by atoms with Gasteiger partial charge in [-0.3, -0.25) is 0 Å². The zero-order valence-corrected chi connectivity index (χ0v) is 11.9. The third-order valence-corrected chi connectivity index (χ3v) is 3.40. The fraction of sp³-hybridized carbons (Fsp3) is 0.600. The van der Waals surface area contributed by atoms with Crippen molar-refractivity contribution in [2.75, 3.05) is 25.6 Å². The molecule has 0 amide bonds. The zero-order valence-electron chi connectivity index (χ0n) is 11.9. The molecule has 4 heteroatoms. The van der Waals surface area contributed by atoms with Crippen LogP contribution in [0.5, 0.6) is 5.75 Å². The molecule has 1 fully saturated rings. The molecule has 0 heterocycles.